The van der Waals surface area contributed by atoms with Crippen LogP contribution >= 0.6 is 0 Å². The van der Waals surface area contributed by atoms with Crippen molar-refractivity contribution in [2.45, 2.75) is 11.8 Å². The lowest BCUT2D eigenvalue weighted by molar-refractivity contribution is -0.117. The summed E-state index contributed by atoms with van der Waals surface area (Å²) in [5, 5.41) is 2.85. The molecule has 0 aliphatic carbocycles. The summed E-state index contributed by atoms with van der Waals surface area (Å²) < 4.78 is 32.5. The predicted molar refractivity (Wildman–Crippen MR) is 108 cm³/mol. The molecular formula is C20H25N3O4S. The van der Waals surface area contributed by atoms with Gasteiger partial charge < -0.3 is 10.1 Å². The highest BCUT2D eigenvalue weighted by Gasteiger charge is 2.29. The molecule has 2 aromatic rings. The fourth-order valence-electron chi connectivity index (χ4n) is 3.08. The van der Waals surface area contributed by atoms with E-state index in [1.807, 2.05) is 42.2 Å². The Balaban J connectivity index is 1.53. The Morgan fingerprint density at radius 3 is 2.25 bits per heavy atom. The second kappa shape index (κ2) is 9.18. The van der Waals surface area contributed by atoms with E-state index in [-0.39, 0.29) is 17.3 Å². The minimum Gasteiger partial charge on any atom is -0.494 e. The molecule has 1 fully saturated rings. The summed E-state index contributed by atoms with van der Waals surface area (Å²) >= 11 is 0. The van der Waals surface area contributed by atoms with Gasteiger partial charge in [-0.1, -0.05) is 18.2 Å². The van der Waals surface area contributed by atoms with Gasteiger partial charge in [0.15, 0.2) is 0 Å². The number of carbonyl (C=O) groups is 1. The second-order valence-corrected chi connectivity index (χ2v) is 8.44. The highest BCUT2D eigenvalue weighted by molar-refractivity contribution is 7.89. The van der Waals surface area contributed by atoms with E-state index in [9.17, 15) is 13.2 Å². The van der Waals surface area contributed by atoms with Crippen LogP contribution in [-0.4, -0.2) is 62.9 Å². The van der Waals surface area contributed by atoms with E-state index in [0.717, 1.165) is 5.69 Å². The number of para-hydroxylation sites is 1. The van der Waals surface area contributed by atoms with Crippen LogP contribution < -0.4 is 10.1 Å². The molecule has 0 aromatic heterocycles. The molecule has 1 heterocycles. The summed E-state index contributed by atoms with van der Waals surface area (Å²) in [6.45, 7) is 4.39. The Morgan fingerprint density at radius 2 is 1.64 bits per heavy atom. The summed E-state index contributed by atoms with van der Waals surface area (Å²) in [6, 6.07) is 15.7. The summed E-state index contributed by atoms with van der Waals surface area (Å²) in [6.07, 6.45) is 0. The number of piperazine rings is 1. The Kier molecular flexibility index (Phi) is 6.66. The van der Waals surface area contributed by atoms with Crippen molar-refractivity contribution in [2.75, 3.05) is 44.6 Å². The van der Waals surface area contributed by atoms with E-state index in [1.54, 1.807) is 24.3 Å². The number of carbonyl (C=O) groups excluding carboxylic acids is 1. The zero-order valence-corrected chi connectivity index (χ0v) is 16.7. The molecule has 1 N–H and O–H groups in total. The number of hydrogen-bond donors (Lipinski definition) is 1. The van der Waals surface area contributed by atoms with Crippen LogP contribution in [0.15, 0.2) is 59.5 Å². The Hall–Kier alpha value is -2.42. The van der Waals surface area contributed by atoms with Crippen molar-refractivity contribution in [3.63, 3.8) is 0 Å². The molecule has 2 aromatic carbocycles. The lowest BCUT2D eigenvalue weighted by atomic mass is 10.3. The fraction of sp³-hybridized carbons (Fsp3) is 0.350. The van der Waals surface area contributed by atoms with Crippen molar-refractivity contribution >= 4 is 21.6 Å². The van der Waals surface area contributed by atoms with Crippen LogP contribution in [-0.2, 0) is 14.8 Å². The van der Waals surface area contributed by atoms with Gasteiger partial charge in [-0.25, -0.2) is 8.42 Å². The van der Waals surface area contributed by atoms with Crippen molar-refractivity contribution in [2.24, 2.45) is 0 Å². The standard InChI is InChI=1S/C20H25N3O4S/c1-2-27-18-8-10-19(11-9-18)28(25,26)23-14-12-22(13-15-23)16-20(24)21-17-6-4-3-5-7-17/h3-11H,2,12-16H2,1H3,(H,21,24). The van der Waals surface area contributed by atoms with Crippen LogP contribution in [0.5, 0.6) is 5.75 Å². The van der Waals surface area contributed by atoms with Gasteiger partial charge in [0.1, 0.15) is 5.75 Å². The van der Waals surface area contributed by atoms with Gasteiger partial charge in [-0.05, 0) is 43.3 Å². The number of benzene rings is 2. The average molecular weight is 404 g/mol. The second-order valence-electron chi connectivity index (χ2n) is 6.50. The normalized spacial score (nSPS) is 15.9. The molecule has 150 valence electrons. The highest BCUT2D eigenvalue weighted by Crippen LogP contribution is 2.21. The summed E-state index contributed by atoms with van der Waals surface area (Å²) in [4.78, 5) is 14.4. The van der Waals surface area contributed by atoms with Crippen molar-refractivity contribution in [3.8, 4) is 5.75 Å². The van der Waals surface area contributed by atoms with E-state index >= 15 is 0 Å². The third-order valence-corrected chi connectivity index (χ3v) is 6.44. The van der Waals surface area contributed by atoms with Crippen molar-refractivity contribution in [3.05, 3.63) is 54.6 Å². The lowest BCUT2D eigenvalue weighted by Gasteiger charge is -2.33. The third-order valence-electron chi connectivity index (χ3n) is 4.53. The minimum absolute atomic E-state index is 0.103. The molecule has 0 spiro atoms. The Labute approximate surface area is 166 Å². The minimum atomic E-state index is -3.54. The number of nitrogens with one attached hydrogen (secondary N) is 1. The van der Waals surface area contributed by atoms with E-state index in [1.165, 1.54) is 4.31 Å². The van der Waals surface area contributed by atoms with Crippen molar-refractivity contribution in [1.82, 2.24) is 9.21 Å². The number of amides is 1. The Bertz CT molecular complexity index is 877. The van der Waals surface area contributed by atoms with E-state index in [0.29, 0.717) is 38.5 Å². The van der Waals surface area contributed by atoms with Gasteiger partial charge in [-0.3, -0.25) is 9.69 Å². The van der Waals surface area contributed by atoms with Gasteiger partial charge >= 0.3 is 0 Å². The zero-order chi connectivity index (χ0) is 20.0. The first-order valence-corrected chi connectivity index (χ1v) is 10.7. The summed E-state index contributed by atoms with van der Waals surface area (Å²) in [5.74, 6) is 0.546. The molecule has 1 saturated heterocycles. The molecule has 8 heteroatoms. The number of nitrogens with zero attached hydrogens (tertiary/aromatic N) is 2. The molecule has 7 nitrogen and oxygen atoms in total. The Morgan fingerprint density at radius 1 is 1.00 bits per heavy atom. The van der Waals surface area contributed by atoms with Gasteiger partial charge in [0.25, 0.3) is 0 Å². The average Bonchev–Trinajstić information content (AvgIpc) is 2.70. The van der Waals surface area contributed by atoms with Gasteiger partial charge in [0, 0.05) is 31.9 Å². The number of rotatable bonds is 7. The van der Waals surface area contributed by atoms with Crippen LogP contribution in [0.3, 0.4) is 0 Å². The predicted octanol–water partition coefficient (Wildman–Crippen LogP) is 2.03. The fourth-order valence-corrected chi connectivity index (χ4v) is 4.50. The smallest absolute Gasteiger partial charge is 0.243 e. The number of anilines is 1. The number of hydrogen-bond acceptors (Lipinski definition) is 5. The molecule has 28 heavy (non-hydrogen) atoms. The van der Waals surface area contributed by atoms with Crippen molar-refractivity contribution in [1.29, 1.82) is 0 Å². The maximum Gasteiger partial charge on any atom is 0.243 e. The molecule has 0 radical (unpaired) electrons. The first kappa shape index (κ1) is 20.3. The van der Waals surface area contributed by atoms with Gasteiger partial charge in [0.2, 0.25) is 15.9 Å². The number of ether oxygens (including phenoxy) is 1. The maximum absolute atomic E-state index is 12.8. The van der Waals surface area contributed by atoms with Crippen LogP contribution in [0.2, 0.25) is 0 Å². The zero-order valence-electron chi connectivity index (χ0n) is 15.9. The first-order valence-electron chi connectivity index (χ1n) is 9.29. The van der Waals surface area contributed by atoms with Crippen LogP contribution in [0, 0.1) is 0 Å². The van der Waals surface area contributed by atoms with E-state index in [2.05, 4.69) is 5.32 Å². The lowest BCUT2D eigenvalue weighted by Crippen LogP contribution is -2.50. The van der Waals surface area contributed by atoms with Gasteiger partial charge in [-0.2, -0.15) is 4.31 Å². The summed E-state index contributed by atoms with van der Waals surface area (Å²) in [7, 11) is -3.54. The molecule has 0 unspecified atom stereocenters. The van der Waals surface area contributed by atoms with Gasteiger partial charge in [-0.15, -0.1) is 0 Å². The highest BCUT2D eigenvalue weighted by atomic mass is 32.2. The molecule has 3 rings (SSSR count). The maximum atomic E-state index is 12.8. The van der Waals surface area contributed by atoms with Crippen molar-refractivity contribution < 1.29 is 17.9 Å². The first-order chi connectivity index (χ1) is 13.5. The SMILES string of the molecule is CCOc1ccc(S(=O)(=O)N2CCN(CC(=O)Nc3ccccc3)CC2)cc1. The number of sulfonamides is 1. The molecule has 1 amide bonds. The van der Waals surface area contributed by atoms with Crippen LogP contribution in [0.25, 0.3) is 0 Å². The monoisotopic (exact) mass is 403 g/mol. The molecular weight excluding hydrogens is 378 g/mol. The largest absolute Gasteiger partial charge is 0.494 e. The van der Waals surface area contributed by atoms with Crippen LogP contribution in [0.1, 0.15) is 6.92 Å². The topological polar surface area (TPSA) is 79.0 Å². The quantitative estimate of drug-likeness (QED) is 0.765. The third kappa shape index (κ3) is 5.09. The molecule has 0 atom stereocenters. The molecule has 1 aliphatic rings. The molecule has 0 bridgehead atoms. The van der Waals surface area contributed by atoms with E-state index < -0.39 is 10.0 Å². The van der Waals surface area contributed by atoms with Gasteiger partial charge in [0.05, 0.1) is 18.0 Å². The molecule has 0 saturated carbocycles. The molecule has 1 aliphatic heterocycles. The summed E-state index contributed by atoms with van der Waals surface area (Å²) in [5.41, 5.74) is 0.754. The van der Waals surface area contributed by atoms with Crippen LogP contribution in [0.4, 0.5) is 5.69 Å². The van der Waals surface area contributed by atoms with E-state index in [4.69, 9.17) is 4.74 Å².